The molecule has 2 aromatic rings. The molecule has 0 spiro atoms. The highest BCUT2D eigenvalue weighted by Gasteiger charge is 2.37. The van der Waals surface area contributed by atoms with E-state index in [-0.39, 0.29) is 18.7 Å². The van der Waals surface area contributed by atoms with Gasteiger partial charge in [0, 0.05) is 36.5 Å². The summed E-state index contributed by atoms with van der Waals surface area (Å²) in [4.78, 5) is 14.2. The molecule has 1 aliphatic rings. The van der Waals surface area contributed by atoms with Crippen molar-refractivity contribution in [1.82, 2.24) is 4.90 Å². The minimum absolute atomic E-state index is 0.0780. The summed E-state index contributed by atoms with van der Waals surface area (Å²) in [5.41, 5.74) is -0.252. The average Bonchev–Trinajstić information content (AvgIpc) is 2.62. The lowest BCUT2D eigenvalue weighted by molar-refractivity contribution is 0.0421. The Bertz CT molecular complexity index is 724. The van der Waals surface area contributed by atoms with Gasteiger partial charge in [0.2, 0.25) is 0 Å². The highest BCUT2D eigenvalue weighted by Crippen LogP contribution is 2.38. The summed E-state index contributed by atoms with van der Waals surface area (Å²) in [7, 11) is 1.58. The topological polar surface area (TPSA) is 29.5 Å². The van der Waals surface area contributed by atoms with Crippen LogP contribution in [0.1, 0.15) is 28.8 Å². The first-order valence-corrected chi connectivity index (χ1v) is 8.28. The van der Waals surface area contributed by atoms with Crippen LogP contribution in [0.15, 0.2) is 48.5 Å². The minimum Gasteiger partial charge on any atom is -0.497 e. The number of carbonyl (C=O) groups excluding carboxylic acids is 1. The van der Waals surface area contributed by atoms with Gasteiger partial charge in [-0.3, -0.25) is 4.79 Å². The lowest BCUT2D eigenvalue weighted by Gasteiger charge is -2.36. The maximum absolute atomic E-state index is 15.2. The molecule has 3 rings (SSSR count). The van der Waals surface area contributed by atoms with Crippen molar-refractivity contribution in [3.05, 3.63) is 64.7 Å². The summed E-state index contributed by atoms with van der Waals surface area (Å²) < 4.78 is 20.3. The zero-order valence-corrected chi connectivity index (χ0v) is 14.2. The van der Waals surface area contributed by atoms with Crippen molar-refractivity contribution in [3.63, 3.8) is 0 Å². The molecule has 0 atom stereocenters. The van der Waals surface area contributed by atoms with Crippen LogP contribution in [-0.2, 0) is 5.67 Å². The number of rotatable bonds is 3. The monoisotopic (exact) mass is 347 g/mol. The van der Waals surface area contributed by atoms with Gasteiger partial charge in [0.1, 0.15) is 11.4 Å². The van der Waals surface area contributed by atoms with Gasteiger partial charge in [0.15, 0.2) is 0 Å². The van der Waals surface area contributed by atoms with Crippen LogP contribution in [0.2, 0.25) is 5.02 Å². The number of piperidine rings is 1. The Morgan fingerprint density at radius 3 is 2.42 bits per heavy atom. The first kappa shape index (κ1) is 16.8. The molecule has 0 aromatic heterocycles. The Kier molecular flexibility index (Phi) is 4.76. The van der Waals surface area contributed by atoms with Gasteiger partial charge in [-0.2, -0.15) is 0 Å². The number of amides is 1. The number of hydrogen-bond donors (Lipinski definition) is 0. The van der Waals surface area contributed by atoms with E-state index < -0.39 is 5.67 Å². The largest absolute Gasteiger partial charge is 0.497 e. The Labute approximate surface area is 146 Å². The Morgan fingerprint density at radius 2 is 1.83 bits per heavy atom. The first-order chi connectivity index (χ1) is 11.5. The Morgan fingerprint density at radius 1 is 1.17 bits per heavy atom. The molecule has 1 saturated heterocycles. The number of methoxy groups -OCH3 is 1. The maximum Gasteiger partial charge on any atom is 0.253 e. The normalized spacial score (nSPS) is 16.7. The van der Waals surface area contributed by atoms with Gasteiger partial charge in [-0.15, -0.1) is 0 Å². The van der Waals surface area contributed by atoms with E-state index in [0.717, 1.165) is 0 Å². The third-order valence-corrected chi connectivity index (χ3v) is 4.76. The third-order valence-electron chi connectivity index (χ3n) is 4.52. The molecule has 5 heteroatoms. The third kappa shape index (κ3) is 3.39. The van der Waals surface area contributed by atoms with Gasteiger partial charge in [-0.1, -0.05) is 23.7 Å². The van der Waals surface area contributed by atoms with Gasteiger partial charge >= 0.3 is 0 Å². The van der Waals surface area contributed by atoms with Crippen LogP contribution in [0.3, 0.4) is 0 Å². The molecule has 0 unspecified atom stereocenters. The molecule has 1 aliphatic heterocycles. The molecule has 1 fully saturated rings. The second-order valence-electron chi connectivity index (χ2n) is 6.00. The lowest BCUT2D eigenvalue weighted by atomic mass is 9.86. The maximum atomic E-state index is 15.2. The van der Waals surface area contributed by atoms with Crippen molar-refractivity contribution < 1.29 is 13.9 Å². The summed E-state index contributed by atoms with van der Waals surface area (Å²) in [5, 5.41) is 0.529. The first-order valence-electron chi connectivity index (χ1n) is 7.90. The summed E-state index contributed by atoms with van der Waals surface area (Å²) >= 11 is 5.97. The fourth-order valence-corrected chi connectivity index (χ4v) is 3.23. The number of likely N-dealkylation sites (tertiary alicyclic amines) is 1. The number of ether oxygens (including phenoxy) is 1. The number of benzene rings is 2. The predicted octanol–water partition coefficient (Wildman–Crippen LogP) is 4.45. The number of carbonyl (C=O) groups is 1. The number of hydrogen-bond acceptors (Lipinski definition) is 2. The molecular weight excluding hydrogens is 329 g/mol. The van der Waals surface area contributed by atoms with Crippen molar-refractivity contribution in [2.75, 3.05) is 20.2 Å². The quantitative estimate of drug-likeness (QED) is 0.821. The van der Waals surface area contributed by atoms with E-state index in [4.69, 9.17) is 16.3 Å². The Hall–Kier alpha value is -2.07. The van der Waals surface area contributed by atoms with Crippen LogP contribution < -0.4 is 4.74 Å². The fraction of sp³-hybridized carbons (Fsp3) is 0.316. The molecular formula is C19H19ClFNO2. The van der Waals surface area contributed by atoms with Crippen molar-refractivity contribution in [2.45, 2.75) is 18.5 Å². The van der Waals surface area contributed by atoms with Crippen molar-refractivity contribution in [3.8, 4) is 5.75 Å². The molecule has 0 bridgehead atoms. The standard InChI is InChI=1S/C19H19ClFNO2/c1-24-17-7-5-14(6-8-17)18(23)22-11-9-19(21,10-12-22)15-3-2-4-16(20)13-15/h2-8,13H,9-12H2,1H3. The van der Waals surface area contributed by atoms with Crippen LogP contribution in [0.5, 0.6) is 5.75 Å². The van der Waals surface area contributed by atoms with Gasteiger partial charge in [-0.25, -0.2) is 4.39 Å². The molecule has 2 aromatic carbocycles. The zero-order chi connectivity index (χ0) is 17.2. The predicted molar refractivity (Wildman–Crippen MR) is 92.4 cm³/mol. The second kappa shape index (κ2) is 6.81. The molecule has 0 N–H and O–H groups in total. The van der Waals surface area contributed by atoms with Gasteiger partial charge < -0.3 is 9.64 Å². The van der Waals surface area contributed by atoms with Crippen LogP contribution in [0.25, 0.3) is 0 Å². The highest BCUT2D eigenvalue weighted by molar-refractivity contribution is 6.30. The van der Waals surface area contributed by atoms with Gasteiger partial charge in [0.05, 0.1) is 7.11 Å². The van der Waals surface area contributed by atoms with Crippen LogP contribution in [0.4, 0.5) is 4.39 Å². The number of alkyl halides is 1. The summed E-state index contributed by atoms with van der Waals surface area (Å²) in [5.74, 6) is 0.625. The molecule has 126 valence electrons. The fourth-order valence-electron chi connectivity index (χ4n) is 3.04. The number of halogens is 2. The van der Waals surface area contributed by atoms with Crippen LogP contribution in [0, 0.1) is 0 Å². The van der Waals surface area contributed by atoms with E-state index in [0.29, 0.717) is 35.0 Å². The summed E-state index contributed by atoms with van der Waals surface area (Å²) in [6.07, 6.45) is 0.546. The molecule has 3 nitrogen and oxygen atoms in total. The van der Waals surface area contributed by atoms with Crippen LogP contribution >= 0.6 is 11.6 Å². The van der Waals surface area contributed by atoms with Crippen molar-refractivity contribution >= 4 is 17.5 Å². The van der Waals surface area contributed by atoms with E-state index in [1.807, 2.05) is 0 Å². The van der Waals surface area contributed by atoms with Gasteiger partial charge in [0.25, 0.3) is 5.91 Å². The smallest absolute Gasteiger partial charge is 0.253 e. The summed E-state index contributed by atoms with van der Waals surface area (Å²) in [6, 6.07) is 13.9. The van der Waals surface area contributed by atoms with E-state index in [1.54, 1.807) is 60.5 Å². The molecule has 1 heterocycles. The molecule has 0 saturated carbocycles. The second-order valence-corrected chi connectivity index (χ2v) is 6.43. The molecule has 0 radical (unpaired) electrons. The van der Waals surface area contributed by atoms with E-state index >= 15 is 4.39 Å². The average molecular weight is 348 g/mol. The zero-order valence-electron chi connectivity index (χ0n) is 13.5. The molecule has 0 aliphatic carbocycles. The Balaban J connectivity index is 1.68. The van der Waals surface area contributed by atoms with E-state index in [1.165, 1.54) is 0 Å². The van der Waals surface area contributed by atoms with E-state index in [9.17, 15) is 4.79 Å². The SMILES string of the molecule is COc1ccc(C(=O)N2CCC(F)(c3cccc(Cl)c3)CC2)cc1. The van der Waals surface area contributed by atoms with Crippen molar-refractivity contribution in [1.29, 1.82) is 0 Å². The minimum atomic E-state index is -1.43. The molecule has 1 amide bonds. The van der Waals surface area contributed by atoms with Crippen LogP contribution in [-0.4, -0.2) is 31.0 Å². The number of nitrogens with zero attached hydrogens (tertiary/aromatic N) is 1. The van der Waals surface area contributed by atoms with E-state index in [2.05, 4.69) is 0 Å². The summed E-state index contributed by atoms with van der Waals surface area (Å²) in [6.45, 7) is 0.766. The lowest BCUT2D eigenvalue weighted by Crippen LogP contribution is -2.43. The van der Waals surface area contributed by atoms with Crippen molar-refractivity contribution in [2.24, 2.45) is 0 Å². The highest BCUT2D eigenvalue weighted by atomic mass is 35.5. The molecule has 24 heavy (non-hydrogen) atoms. The van der Waals surface area contributed by atoms with Gasteiger partial charge in [-0.05, 0) is 42.0 Å².